The molecule has 0 radical (unpaired) electrons. The van der Waals surface area contributed by atoms with E-state index >= 15 is 0 Å². The lowest BCUT2D eigenvalue weighted by atomic mass is 10.1. The van der Waals surface area contributed by atoms with Gasteiger partial charge in [-0.15, -0.1) is 0 Å². The number of para-hydroxylation sites is 1. The number of alkyl halides is 5. The van der Waals surface area contributed by atoms with E-state index in [0.717, 1.165) is 0 Å². The van der Waals surface area contributed by atoms with Gasteiger partial charge in [-0.1, -0.05) is 18.2 Å². The van der Waals surface area contributed by atoms with E-state index in [4.69, 9.17) is 4.74 Å². The van der Waals surface area contributed by atoms with Gasteiger partial charge in [-0.25, -0.2) is 0 Å². The first-order chi connectivity index (χ1) is 9.20. The second-order valence-electron chi connectivity index (χ2n) is 3.89. The fraction of sp³-hybridized carbons (Fsp3) is 0.417. The molecule has 0 spiro atoms. The van der Waals surface area contributed by atoms with Gasteiger partial charge in [0, 0.05) is 6.54 Å². The number of hydrogen-bond donors (Lipinski definition) is 1. The Morgan fingerprint density at radius 3 is 2.35 bits per heavy atom. The average Bonchev–Trinajstić information content (AvgIpc) is 2.37. The molecule has 112 valence electrons. The number of hydrogen-bond acceptors (Lipinski definition) is 2. The van der Waals surface area contributed by atoms with E-state index < -0.39 is 18.0 Å². The van der Waals surface area contributed by atoms with Crippen molar-refractivity contribution in [2.75, 3.05) is 13.7 Å². The van der Waals surface area contributed by atoms with Crippen LogP contribution < -0.4 is 10.1 Å². The smallest absolute Gasteiger partial charge is 0.463 e. The van der Waals surface area contributed by atoms with Crippen LogP contribution in [0.3, 0.4) is 0 Å². The summed E-state index contributed by atoms with van der Waals surface area (Å²) >= 11 is 0. The van der Waals surface area contributed by atoms with Gasteiger partial charge in [0.2, 0.25) is 0 Å². The Balaban J connectivity index is 2.59. The van der Waals surface area contributed by atoms with Gasteiger partial charge in [0.25, 0.3) is 5.91 Å². The monoisotopic (exact) mass is 297 g/mol. The summed E-state index contributed by atoms with van der Waals surface area (Å²) in [6.45, 7) is -0.356. The second kappa shape index (κ2) is 6.06. The van der Waals surface area contributed by atoms with Crippen molar-refractivity contribution in [3.8, 4) is 5.75 Å². The lowest BCUT2D eigenvalue weighted by molar-refractivity contribution is -0.269. The Bertz CT molecular complexity index is 473. The molecule has 0 aromatic heterocycles. The predicted octanol–water partition coefficient (Wildman–Crippen LogP) is 2.55. The van der Waals surface area contributed by atoms with Crippen molar-refractivity contribution >= 4 is 5.91 Å². The Morgan fingerprint density at radius 1 is 1.20 bits per heavy atom. The molecule has 8 heteroatoms. The molecule has 1 rings (SSSR count). The Labute approximate surface area is 111 Å². The highest BCUT2D eigenvalue weighted by atomic mass is 19.4. The summed E-state index contributed by atoms with van der Waals surface area (Å²) in [6.07, 6.45) is -5.83. The third-order valence-corrected chi connectivity index (χ3v) is 2.51. The van der Waals surface area contributed by atoms with E-state index in [1.54, 1.807) is 29.6 Å². The molecular weight excluding hydrogens is 285 g/mol. The third kappa shape index (κ3) is 3.58. The van der Waals surface area contributed by atoms with Crippen LogP contribution in [0.2, 0.25) is 0 Å². The molecular formula is C12H12F5NO2. The number of amides is 1. The fourth-order valence-corrected chi connectivity index (χ4v) is 1.46. The number of ether oxygens (including phenoxy) is 1. The van der Waals surface area contributed by atoms with Crippen molar-refractivity contribution in [2.24, 2.45) is 0 Å². The van der Waals surface area contributed by atoms with Crippen LogP contribution in [0.1, 0.15) is 5.56 Å². The zero-order valence-electron chi connectivity index (χ0n) is 10.4. The number of nitrogens with one attached hydrogen (secondary N) is 1. The van der Waals surface area contributed by atoms with Crippen molar-refractivity contribution in [1.29, 1.82) is 0 Å². The Hall–Kier alpha value is -1.86. The Kier molecular flexibility index (Phi) is 4.91. The number of benzene rings is 1. The van der Waals surface area contributed by atoms with E-state index in [0.29, 0.717) is 11.3 Å². The van der Waals surface area contributed by atoms with Crippen molar-refractivity contribution in [1.82, 2.24) is 5.32 Å². The summed E-state index contributed by atoms with van der Waals surface area (Å²) < 4.78 is 66.0. The van der Waals surface area contributed by atoms with Gasteiger partial charge >= 0.3 is 12.1 Å². The SMILES string of the molecule is COc1ccccc1CCNC(=O)C(F)(F)C(F)(F)F. The second-order valence-corrected chi connectivity index (χ2v) is 3.89. The van der Waals surface area contributed by atoms with Crippen LogP contribution in [0.4, 0.5) is 22.0 Å². The van der Waals surface area contributed by atoms with Gasteiger partial charge in [0.1, 0.15) is 5.75 Å². The van der Waals surface area contributed by atoms with Crippen LogP contribution in [-0.2, 0) is 11.2 Å². The highest BCUT2D eigenvalue weighted by Crippen LogP contribution is 2.35. The van der Waals surface area contributed by atoms with Crippen molar-refractivity contribution in [3.63, 3.8) is 0 Å². The maximum absolute atomic E-state index is 12.6. The average molecular weight is 297 g/mol. The van der Waals surface area contributed by atoms with Crippen molar-refractivity contribution in [2.45, 2.75) is 18.5 Å². The van der Waals surface area contributed by atoms with Gasteiger partial charge < -0.3 is 10.1 Å². The molecule has 1 N–H and O–H groups in total. The van der Waals surface area contributed by atoms with Gasteiger partial charge in [-0.3, -0.25) is 4.79 Å². The number of carbonyl (C=O) groups excluding carboxylic acids is 1. The molecule has 0 bridgehead atoms. The molecule has 0 fully saturated rings. The highest BCUT2D eigenvalue weighted by Gasteiger charge is 2.63. The van der Waals surface area contributed by atoms with Crippen molar-refractivity contribution in [3.05, 3.63) is 29.8 Å². The van der Waals surface area contributed by atoms with Gasteiger partial charge in [0.15, 0.2) is 0 Å². The zero-order valence-corrected chi connectivity index (χ0v) is 10.4. The summed E-state index contributed by atoms with van der Waals surface area (Å²) in [6, 6.07) is 6.57. The summed E-state index contributed by atoms with van der Waals surface area (Å²) in [5.74, 6) is -7.29. The third-order valence-electron chi connectivity index (χ3n) is 2.51. The molecule has 1 aromatic rings. The minimum Gasteiger partial charge on any atom is -0.496 e. The molecule has 0 aliphatic carbocycles. The standard InChI is InChI=1S/C12H12F5NO2/c1-20-9-5-3-2-4-8(9)6-7-18-10(19)11(13,14)12(15,16)17/h2-5H,6-7H2,1H3,(H,18,19). The van der Waals surface area contributed by atoms with Gasteiger partial charge in [0.05, 0.1) is 7.11 Å². The lowest BCUT2D eigenvalue weighted by Crippen LogP contribution is -2.50. The largest absolute Gasteiger partial charge is 0.496 e. The van der Waals surface area contributed by atoms with Crippen LogP contribution in [0.5, 0.6) is 5.75 Å². The summed E-state index contributed by atoms with van der Waals surface area (Å²) in [5.41, 5.74) is 0.589. The van der Waals surface area contributed by atoms with E-state index in [9.17, 15) is 26.7 Å². The maximum atomic E-state index is 12.6. The van der Waals surface area contributed by atoms with Crippen LogP contribution >= 0.6 is 0 Å². The van der Waals surface area contributed by atoms with Crippen LogP contribution in [0.15, 0.2) is 24.3 Å². The number of halogens is 5. The normalized spacial score (nSPS) is 12.1. The van der Waals surface area contributed by atoms with E-state index in [1.807, 2.05) is 0 Å². The van der Waals surface area contributed by atoms with Gasteiger partial charge in [-0.2, -0.15) is 22.0 Å². The molecule has 0 unspecified atom stereocenters. The van der Waals surface area contributed by atoms with E-state index in [1.165, 1.54) is 7.11 Å². The molecule has 3 nitrogen and oxygen atoms in total. The predicted molar refractivity (Wildman–Crippen MR) is 60.7 cm³/mol. The lowest BCUT2D eigenvalue weighted by Gasteiger charge is -2.18. The minimum atomic E-state index is -5.90. The minimum absolute atomic E-state index is 0.0731. The first kappa shape index (κ1) is 16.2. The summed E-state index contributed by atoms with van der Waals surface area (Å²) in [4.78, 5) is 10.8. The molecule has 0 aliphatic heterocycles. The first-order valence-corrected chi connectivity index (χ1v) is 5.55. The maximum Gasteiger partial charge on any atom is 0.463 e. The molecule has 1 aromatic carbocycles. The molecule has 20 heavy (non-hydrogen) atoms. The Morgan fingerprint density at radius 2 is 1.80 bits per heavy atom. The number of carbonyl (C=O) groups is 1. The zero-order chi connectivity index (χ0) is 15.4. The summed E-state index contributed by atoms with van der Waals surface area (Å²) in [7, 11) is 1.40. The van der Waals surface area contributed by atoms with E-state index in [-0.39, 0.29) is 13.0 Å². The van der Waals surface area contributed by atoms with Crippen LogP contribution in [0, 0.1) is 0 Å². The molecule has 1 amide bonds. The molecule has 0 atom stereocenters. The van der Waals surface area contributed by atoms with Crippen molar-refractivity contribution < 1.29 is 31.5 Å². The molecule has 0 heterocycles. The number of rotatable bonds is 5. The molecule has 0 saturated heterocycles. The first-order valence-electron chi connectivity index (χ1n) is 5.55. The summed E-state index contributed by atoms with van der Waals surface area (Å²) in [5, 5.41) is 1.56. The topological polar surface area (TPSA) is 38.3 Å². The quantitative estimate of drug-likeness (QED) is 0.848. The van der Waals surface area contributed by atoms with E-state index in [2.05, 4.69) is 0 Å². The molecule has 0 saturated carbocycles. The fourth-order valence-electron chi connectivity index (χ4n) is 1.46. The van der Waals surface area contributed by atoms with Gasteiger partial charge in [-0.05, 0) is 18.1 Å². The molecule has 0 aliphatic rings. The highest BCUT2D eigenvalue weighted by molar-refractivity contribution is 5.84. The van der Waals surface area contributed by atoms with Crippen LogP contribution in [0.25, 0.3) is 0 Å². The van der Waals surface area contributed by atoms with Crippen LogP contribution in [-0.4, -0.2) is 31.7 Å². The number of methoxy groups -OCH3 is 1.